The van der Waals surface area contributed by atoms with Crippen LogP contribution in [0.3, 0.4) is 0 Å². The van der Waals surface area contributed by atoms with Crippen molar-refractivity contribution in [2.75, 3.05) is 12.7 Å². The Kier molecular flexibility index (Phi) is 7.93. The number of halogens is 1. The van der Waals surface area contributed by atoms with Crippen LogP contribution < -0.4 is 5.32 Å². The molecule has 0 aliphatic heterocycles. The predicted molar refractivity (Wildman–Crippen MR) is 70.6 cm³/mol. The summed E-state index contributed by atoms with van der Waals surface area (Å²) < 4.78 is 22.6. The van der Waals surface area contributed by atoms with E-state index in [0.29, 0.717) is 0 Å². The van der Waals surface area contributed by atoms with Crippen molar-refractivity contribution in [3.05, 3.63) is 0 Å². The van der Waals surface area contributed by atoms with E-state index >= 15 is 0 Å². The Morgan fingerprint density at radius 1 is 1.30 bits per heavy atom. The van der Waals surface area contributed by atoms with Gasteiger partial charge < -0.3 is 24.6 Å². The Morgan fingerprint density at radius 2 is 1.85 bits per heavy atom. The van der Waals surface area contributed by atoms with Gasteiger partial charge in [-0.15, -0.1) is 0 Å². The highest BCUT2D eigenvalue weighted by molar-refractivity contribution is 7.45. The van der Waals surface area contributed by atoms with E-state index in [9.17, 15) is 14.0 Å². The summed E-state index contributed by atoms with van der Waals surface area (Å²) in [5.74, 6) is -0.535. The van der Waals surface area contributed by atoms with Gasteiger partial charge in [0.25, 0.3) is 0 Å². The molecular weight excluding hydrogens is 292 g/mol. The molecule has 0 fully saturated rings. The highest BCUT2D eigenvalue weighted by Gasteiger charge is 2.26. The van der Waals surface area contributed by atoms with Crippen molar-refractivity contribution in [1.29, 1.82) is 0 Å². The van der Waals surface area contributed by atoms with Crippen LogP contribution in [0.5, 0.6) is 0 Å². The molecule has 0 aliphatic carbocycles. The molecule has 0 bridgehead atoms. The van der Waals surface area contributed by atoms with Crippen LogP contribution in [0.2, 0.25) is 0 Å². The van der Waals surface area contributed by atoms with Gasteiger partial charge in [0.2, 0.25) is 6.29 Å². The number of rotatable bonds is 6. The van der Waals surface area contributed by atoms with Gasteiger partial charge >= 0.3 is 12.1 Å². The fourth-order valence-corrected chi connectivity index (χ4v) is 1.46. The molecule has 0 aromatic carbocycles. The lowest BCUT2D eigenvalue weighted by molar-refractivity contribution is -0.174. The molecule has 20 heavy (non-hydrogen) atoms. The van der Waals surface area contributed by atoms with Crippen molar-refractivity contribution < 1.29 is 33.2 Å². The molecule has 0 saturated heterocycles. The first-order chi connectivity index (χ1) is 9.02. The number of amides is 1. The van der Waals surface area contributed by atoms with Crippen molar-refractivity contribution in [2.24, 2.45) is 5.41 Å². The fourth-order valence-electron chi connectivity index (χ4n) is 0.980. The maximum absolute atomic E-state index is 13.1. The maximum Gasteiger partial charge on any atom is 0.410 e. The Labute approximate surface area is 118 Å². The van der Waals surface area contributed by atoms with E-state index in [1.54, 1.807) is 20.8 Å². The molecule has 9 heteroatoms. The Morgan fingerprint density at radius 3 is 2.30 bits per heavy atom. The van der Waals surface area contributed by atoms with Crippen LogP contribution in [0, 0.1) is 5.41 Å². The van der Waals surface area contributed by atoms with Crippen LogP contribution in [-0.4, -0.2) is 47.0 Å². The molecule has 2 atom stereocenters. The lowest BCUT2D eigenvalue weighted by Crippen LogP contribution is -2.36. The number of hydrogen-bond acceptors (Lipinski definition) is 6. The Balaban J connectivity index is 4.00. The van der Waals surface area contributed by atoms with E-state index in [0.717, 1.165) is 0 Å². The maximum atomic E-state index is 13.1. The molecule has 3 N–H and O–H groups in total. The summed E-state index contributed by atoms with van der Waals surface area (Å²) in [5.41, 5.74) is -0.725. The van der Waals surface area contributed by atoms with Gasteiger partial charge in [0.1, 0.15) is 6.17 Å². The van der Waals surface area contributed by atoms with Crippen molar-refractivity contribution in [1.82, 2.24) is 5.32 Å². The number of carbonyl (C=O) groups is 2. The van der Waals surface area contributed by atoms with Gasteiger partial charge in [-0.2, -0.15) is 0 Å². The number of alkyl halides is 1. The zero-order chi connectivity index (χ0) is 15.9. The van der Waals surface area contributed by atoms with Crippen LogP contribution in [0.1, 0.15) is 27.7 Å². The van der Waals surface area contributed by atoms with Crippen LogP contribution in [0.15, 0.2) is 0 Å². The van der Waals surface area contributed by atoms with E-state index in [-0.39, 0.29) is 0 Å². The van der Waals surface area contributed by atoms with Crippen LogP contribution in [0.4, 0.5) is 9.18 Å². The highest BCUT2D eigenvalue weighted by atomic mass is 31.2. The summed E-state index contributed by atoms with van der Waals surface area (Å²) >= 11 is 0. The summed E-state index contributed by atoms with van der Waals surface area (Å²) in [6.07, 6.45) is -4.10. The third kappa shape index (κ3) is 9.01. The van der Waals surface area contributed by atoms with E-state index in [1.165, 1.54) is 6.92 Å². The molecule has 1 unspecified atom stereocenters. The summed E-state index contributed by atoms with van der Waals surface area (Å²) in [5, 5.41) is 2.09. The zero-order valence-electron chi connectivity index (χ0n) is 11.9. The molecule has 0 saturated carbocycles. The van der Waals surface area contributed by atoms with Crippen molar-refractivity contribution in [3.8, 4) is 0 Å². The standard InChI is InChI=1S/C11H21FNO6P/c1-7(18-9(14)11(2,3)4)19-10(15)13-5-8(12)6-20(16)17/h7-8,16-17H,5-6H2,1-4H3,(H,13,15)/t7?,8-/m0/s1. The first-order valence-electron chi connectivity index (χ1n) is 5.97. The Bertz CT molecular complexity index is 333. The third-order valence-electron chi connectivity index (χ3n) is 1.99. The molecule has 0 heterocycles. The highest BCUT2D eigenvalue weighted by Crippen LogP contribution is 2.24. The number of nitrogens with one attached hydrogen (secondary N) is 1. The minimum absolute atomic E-state index is 0.418. The van der Waals surface area contributed by atoms with Crippen LogP contribution in [0.25, 0.3) is 0 Å². The van der Waals surface area contributed by atoms with Gasteiger partial charge in [-0.1, -0.05) is 0 Å². The number of carbonyl (C=O) groups excluding carboxylic acids is 2. The molecule has 0 spiro atoms. The second-order valence-electron chi connectivity index (χ2n) is 5.16. The molecule has 0 rings (SSSR count). The van der Waals surface area contributed by atoms with Crippen molar-refractivity contribution in [3.63, 3.8) is 0 Å². The van der Waals surface area contributed by atoms with E-state index in [1.807, 2.05) is 0 Å². The number of hydrogen-bond donors (Lipinski definition) is 3. The monoisotopic (exact) mass is 313 g/mol. The smallest absolute Gasteiger partial charge is 0.410 e. The largest absolute Gasteiger partial charge is 0.425 e. The van der Waals surface area contributed by atoms with Crippen LogP contribution in [-0.2, 0) is 14.3 Å². The molecule has 1 amide bonds. The number of esters is 1. The molecule has 118 valence electrons. The summed E-state index contributed by atoms with van der Waals surface area (Å²) in [7, 11) is -2.35. The van der Waals surface area contributed by atoms with E-state index < -0.39 is 51.0 Å². The quantitative estimate of drug-likeness (QED) is 0.387. The van der Waals surface area contributed by atoms with Gasteiger partial charge in [-0.25, -0.2) is 9.18 Å². The van der Waals surface area contributed by atoms with E-state index in [2.05, 4.69) is 5.32 Å². The minimum Gasteiger partial charge on any atom is -0.425 e. The second-order valence-corrected chi connectivity index (χ2v) is 6.27. The van der Waals surface area contributed by atoms with Crippen molar-refractivity contribution >= 4 is 20.4 Å². The van der Waals surface area contributed by atoms with Gasteiger partial charge in [-0.05, 0) is 20.8 Å². The zero-order valence-corrected chi connectivity index (χ0v) is 12.8. The molecule has 0 aromatic rings. The molecular formula is C11H21FNO6P. The second kappa shape index (κ2) is 8.34. The van der Waals surface area contributed by atoms with Crippen LogP contribution >= 0.6 is 8.38 Å². The van der Waals surface area contributed by atoms with Gasteiger partial charge in [0.05, 0.1) is 18.1 Å². The summed E-state index contributed by atoms with van der Waals surface area (Å²) in [4.78, 5) is 39.9. The lowest BCUT2D eigenvalue weighted by atomic mass is 9.97. The van der Waals surface area contributed by atoms with Gasteiger partial charge in [-0.3, -0.25) is 4.79 Å². The summed E-state index contributed by atoms with van der Waals surface area (Å²) in [6, 6.07) is 0. The van der Waals surface area contributed by atoms with Gasteiger partial charge in [0, 0.05) is 6.92 Å². The van der Waals surface area contributed by atoms with E-state index in [4.69, 9.17) is 19.3 Å². The lowest BCUT2D eigenvalue weighted by Gasteiger charge is -2.21. The normalized spacial score (nSPS) is 14.6. The number of alkyl carbamates (subject to hydrolysis) is 1. The number of ether oxygens (including phenoxy) is 2. The predicted octanol–water partition coefficient (Wildman–Crippen LogP) is 1.28. The first kappa shape index (κ1) is 19.0. The first-order valence-corrected chi connectivity index (χ1v) is 7.40. The Hall–Kier alpha value is -0.980. The molecule has 0 aromatic heterocycles. The topological polar surface area (TPSA) is 105 Å². The molecule has 0 radical (unpaired) electrons. The molecule has 0 aliphatic rings. The third-order valence-corrected chi connectivity index (χ3v) is 2.71. The average Bonchev–Trinajstić information content (AvgIpc) is 2.23. The SMILES string of the molecule is CC(OC(=O)NC[C@H](F)CP(O)O)OC(=O)C(C)(C)C. The van der Waals surface area contributed by atoms with Gasteiger partial charge in [0.15, 0.2) is 8.38 Å². The van der Waals surface area contributed by atoms with Crippen molar-refractivity contribution in [2.45, 2.75) is 40.2 Å². The average molecular weight is 313 g/mol. The fraction of sp³-hybridized carbons (Fsp3) is 0.818. The molecule has 7 nitrogen and oxygen atoms in total. The minimum atomic E-state index is -2.35. The summed E-state index contributed by atoms with van der Waals surface area (Å²) in [6.45, 7) is 5.89.